The SMILES string of the molecule is CC(=O)c1cnn2cc(-c3cnn(C)n3)sc12. The maximum Gasteiger partial charge on any atom is 0.164 e. The van der Waals surface area contributed by atoms with E-state index in [2.05, 4.69) is 15.3 Å². The fraction of sp³-hybridized carbons (Fsp3) is 0.200. The van der Waals surface area contributed by atoms with Crippen molar-refractivity contribution in [1.29, 1.82) is 0 Å². The normalized spacial score (nSPS) is 11.2. The van der Waals surface area contributed by atoms with E-state index in [9.17, 15) is 4.79 Å². The van der Waals surface area contributed by atoms with Crippen LogP contribution in [0.5, 0.6) is 0 Å². The highest BCUT2D eigenvalue weighted by Gasteiger charge is 2.14. The van der Waals surface area contributed by atoms with Crippen molar-refractivity contribution in [1.82, 2.24) is 24.6 Å². The summed E-state index contributed by atoms with van der Waals surface area (Å²) in [4.78, 5) is 14.7. The standard InChI is InChI=1S/C10H9N5OS/c1-6(16)7-3-12-15-5-9(17-10(7)15)8-4-11-14(2)13-8/h3-5H,1-2H3. The molecular formula is C10H9N5OS. The summed E-state index contributed by atoms with van der Waals surface area (Å²) < 4.78 is 1.70. The molecule has 0 atom stereocenters. The van der Waals surface area contributed by atoms with Gasteiger partial charge in [-0.25, -0.2) is 4.52 Å². The molecule has 3 aromatic heterocycles. The van der Waals surface area contributed by atoms with E-state index in [1.807, 2.05) is 6.20 Å². The topological polar surface area (TPSA) is 65.1 Å². The molecule has 0 aliphatic carbocycles. The van der Waals surface area contributed by atoms with Crippen LogP contribution >= 0.6 is 11.3 Å². The van der Waals surface area contributed by atoms with Gasteiger partial charge in [-0.15, -0.1) is 11.3 Å². The zero-order valence-electron chi connectivity index (χ0n) is 9.28. The predicted molar refractivity (Wildman–Crippen MR) is 63.1 cm³/mol. The first-order valence-electron chi connectivity index (χ1n) is 5.00. The summed E-state index contributed by atoms with van der Waals surface area (Å²) in [5, 5.41) is 12.4. The lowest BCUT2D eigenvalue weighted by molar-refractivity contribution is 0.101. The van der Waals surface area contributed by atoms with Gasteiger partial charge in [0.25, 0.3) is 0 Å². The second-order valence-electron chi connectivity index (χ2n) is 3.68. The molecule has 0 saturated heterocycles. The average Bonchev–Trinajstić information content (AvgIpc) is 2.89. The van der Waals surface area contributed by atoms with Crippen molar-refractivity contribution in [2.75, 3.05) is 0 Å². The highest BCUT2D eigenvalue weighted by molar-refractivity contribution is 7.21. The molecule has 17 heavy (non-hydrogen) atoms. The van der Waals surface area contributed by atoms with Gasteiger partial charge in [0.1, 0.15) is 10.5 Å². The Labute approximate surface area is 100 Å². The Bertz CT molecular complexity index is 707. The number of carbonyl (C=O) groups is 1. The molecule has 0 unspecified atom stereocenters. The molecule has 0 aliphatic heterocycles. The minimum atomic E-state index is 0.0209. The van der Waals surface area contributed by atoms with E-state index in [0.717, 1.165) is 15.4 Å². The second-order valence-corrected chi connectivity index (χ2v) is 4.71. The van der Waals surface area contributed by atoms with Crippen LogP contribution < -0.4 is 0 Å². The van der Waals surface area contributed by atoms with Crippen LogP contribution in [0.1, 0.15) is 17.3 Å². The molecule has 3 heterocycles. The molecule has 0 amide bonds. The Morgan fingerprint density at radius 2 is 2.18 bits per heavy atom. The van der Waals surface area contributed by atoms with Gasteiger partial charge in [0.2, 0.25) is 0 Å². The number of aromatic nitrogens is 5. The monoisotopic (exact) mass is 247 g/mol. The number of fused-ring (bicyclic) bond motifs is 1. The fourth-order valence-corrected chi connectivity index (χ4v) is 2.66. The molecule has 0 spiro atoms. The Hall–Kier alpha value is -2.02. The van der Waals surface area contributed by atoms with Gasteiger partial charge in [0.15, 0.2) is 5.78 Å². The number of thiazole rings is 1. The first kappa shape index (κ1) is 10.2. The van der Waals surface area contributed by atoms with Gasteiger partial charge in [0.05, 0.1) is 22.8 Å². The van der Waals surface area contributed by atoms with Crippen molar-refractivity contribution in [3.8, 4) is 10.6 Å². The van der Waals surface area contributed by atoms with E-state index in [4.69, 9.17) is 0 Å². The Kier molecular flexibility index (Phi) is 2.08. The molecule has 6 nitrogen and oxygen atoms in total. The first-order valence-corrected chi connectivity index (χ1v) is 5.81. The van der Waals surface area contributed by atoms with E-state index in [-0.39, 0.29) is 5.78 Å². The summed E-state index contributed by atoms with van der Waals surface area (Å²) in [6, 6.07) is 0. The van der Waals surface area contributed by atoms with Crippen molar-refractivity contribution < 1.29 is 4.79 Å². The van der Waals surface area contributed by atoms with E-state index >= 15 is 0 Å². The summed E-state index contributed by atoms with van der Waals surface area (Å²) in [5.41, 5.74) is 1.43. The van der Waals surface area contributed by atoms with Crippen molar-refractivity contribution >= 4 is 22.0 Å². The molecule has 0 bridgehead atoms. The minimum Gasteiger partial charge on any atom is -0.294 e. The molecule has 7 heteroatoms. The lowest BCUT2D eigenvalue weighted by Crippen LogP contribution is -1.91. The van der Waals surface area contributed by atoms with Crippen LogP contribution in [0.4, 0.5) is 0 Å². The number of rotatable bonds is 2. The third kappa shape index (κ3) is 1.55. The van der Waals surface area contributed by atoms with Gasteiger partial charge in [-0.3, -0.25) is 4.79 Å². The number of nitrogens with zero attached hydrogens (tertiary/aromatic N) is 5. The number of carbonyl (C=O) groups excluding carboxylic acids is 1. The zero-order chi connectivity index (χ0) is 12.0. The van der Waals surface area contributed by atoms with E-state index in [0.29, 0.717) is 5.56 Å². The van der Waals surface area contributed by atoms with Crippen molar-refractivity contribution in [2.45, 2.75) is 6.92 Å². The maximum absolute atomic E-state index is 11.4. The molecule has 0 fully saturated rings. The molecule has 0 aliphatic rings. The minimum absolute atomic E-state index is 0.0209. The molecule has 0 aromatic carbocycles. The van der Waals surface area contributed by atoms with Crippen LogP contribution in [0.25, 0.3) is 15.4 Å². The Balaban J connectivity index is 2.17. The molecule has 0 saturated carbocycles. The highest BCUT2D eigenvalue weighted by Crippen LogP contribution is 2.28. The summed E-state index contributed by atoms with van der Waals surface area (Å²) in [6.07, 6.45) is 5.14. The van der Waals surface area contributed by atoms with Gasteiger partial charge in [-0.1, -0.05) is 0 Å². The third-order valence-electron chi connectivity index (χ3n) is 2.43. The first-order chi connectivity index (χ1) is 8.15. The fourth-order valence-electron chi connectivity index (χ4n) is 1.60. The number of hydrogen-bond acceptors (Lipinski definition) is 5. The summed E-state index contributed by atoms with van der Waals surface area (Å²) in [5.74, 6) is 0.0209. The van der Waals surface area contributed by atoms with Crippen LogP contribution in [0.2, 0.25) is 0 Å². The maximum atomic E-state index is 11.4. The highest BCUT2D eigenvalue weighted by atomic mass is 32.1. The smallest absolute Gasteiger partial charge is 0.164 e. The largest absolute Gasteiger partial charge is 0.294 e. The van der Waals surface area contributed by atoms with Crippen LogP contribution in [0.3, 0.4) is 0 Å². The molecule has 86 valence electrons. The van der Waals surface area contributed by atoms with Crippen molar-refractivity contribution in [3.63, 3.8) is 0 Å². The molecule has 0 N–H and O–H groups in total. The van der Waals surface area contributed by atoms with E-state index < -0.39 is 0 Å². The zero-order valence-corrected chi connectivity index (χ0v) is 10.1. The van der Waals surface area contributed by atoms with Gasteiger partial charge in [-0.05, 0) is 6.92 Å². The molecule has 0 radical (unpaired) electrons. The number of Topliss-reactive ketones (excluding diaryl/α,β-unsaturated/α-hetero) is 1. The average molecular weight is 247 g/mol. The van der Waals surface area contributed by atoms with Crippen LogP contribution in [-0.2, 0) is 7.05 Å². The second kappa shape index (κ2) is 3.49. The summed E-state index contributed by atoms with van der Waals surface area (Å²) in [6.45, 7) is 1.54. The molecular weight excluding hydrogens is 238 g/mol. The molecule has 3 aromatic rings. The van der Waals surface area contributed by atoms with Crippen LogP contribution in [-0.4, -0.2) is 30.4 Å². The summed E-state index contributed by atoms with van der Waals surface area (Å²) in [7, 11) is 1.77. The lowest BCUT2D eigenvalue weighted by Gasteiger charge is -1.86. The molecule has 3 rings (SSSR count). The number of aryl methyl sites for hydroxylation is 1. The third-order valence-corrected chi connectivity index (χ3v) is 3.56. The number of hydrogen-bond donors (Lipinski definition) is 0. The van der Waals surface area contributed by atoms with Gasteiger partial charge in [0, 0.05) is 13.2 Å². The van der Waals surface area contributed by atoms with Gasteiger partial charge in [-0.2, -0.15) is 20.1 Å². The van der Waals surface area contributed by atoms with Crippen molar-refractivity contribution in [3.05, 3.63) is 24.2 Å². The Morgan fingerprint density at radius 3 is 2.82 bits per heavy atom. The van der Waals surface area contributed by atoms with Crippen LogP contribution in [0.15, 0.2) is 18.6 Å². The lowest BCUT2D eigenvalue weighted by atomic mass is 10.3. The van der Waals surface area contributed by atoms with E-state index in [1.54, 1.807) is 30.9 Å². The quantitative estimate of drug-likeness (QED) is 0.642. The van der Waals surface area contributed by atoms with Crippen molar-refractivity contribution in [2.24, 2.45) is 7.05 Å². The predicted octanol–water partition coefficient (Wildman–Crippen LogP) is 1.39. The van der Waals surface area contributed by atoms with Crippen LogP contribution in [0, 0.1) is 0 Å². The van der Waals surface area contributed by atoms with Gasteiger partial charge < -0.3 is 0 Å². The van der Waals surface area contributed by atoms with Gasteiger partial charge >= 0.3 is 0 Å². The summed E-state index contributed by atoms with van der Waals surface area (Å²) >= 11 is 1.49. The number of ketones is 1. The Morgan fingerprint density at radius 1 is 1.35 bits per heavy atom. The van der Waals surface area contributed by atoms with E-state index in [1.165, 1.54) is 16.1 Å².